The van der Waals surface area contributed by atoms with Crippen molar-refractivity contribution < 1.29 is 41.5 Å². The zero-order valence-corrected chi connectivity index (χ0v) is 22.1. The maximum absolute atomic E-state index is 14.2. The number of amides is 3. The average Bonchev–Trinajstić information content (AvgIpc) is 3.34. The van der Waals surface area contributed by atoms with Crippen molar-refractivity contribution in [2.75, 3.05) is 5.32 Å². The molecule has 3 amide bonds. The maximum atomic E-state index is 14.2. The van der Waals surface area contributed by atoms with Gasteiger partial charge in [0.1, 0.15) is 11.4 Å². The normalized spacial score (nSPS) is 20.9. The van der Waals surface area contributed by atoms with Crippen molar-refractivity contribution in [2.24, 2.45) is 5.92 Å². The third-order valence-corrected chi connectivity index (χ3v) is 7.16. The van der Waals surface area contributed by atoms with Gasteiger partial charge in [-0.15, -0.1) is 0 Å². The Bertz CT molecular complexity index is 1330. The number of nitrogens with one attached hydrogen (secondary N) is 2. The largest absolute Gasteiger partial charge is 0.427 e. The third kappa shape index (κ3) is 5.45. The summed E-state index contributed by atoms with van der Waals surface area (Å²) in [5, 5.41) is 4.91. The molecule has 1 heterocycles. The number of alkyl halides is 3. The Morgan fingerprint density at radius 1 is 1.15 bits per heavy atom. The Labute approximate surface area is 228 Å². The zero-order valence-electron chi connectivity index (χ0n) is 22.1. The number of carbonyl (C=O) groups is 4. The van der Waals surface area contributed by atoms with Crippen LogP contribution in [0.2, 0.25) is 0 Å². The topological polar surface area (TPSA) is 105 Å². The molecule has 0 radical (unpaired) electrons. The van der Waals surface area contributed by atoms with Gasteiger partial charge < -0.3 is 10.1 Å². The van der Waals surface area contributed by atoms with Crippen LogP contribution in [0.4, 0.5) is 28.0 Å². The molecule has 214 valence electrons. The van der Waals surface area contributed by atoms with Gasteiger partial charge >= 0.3 is 12.3 Å². The second kappa shape index (κ2) is 10.6. The Balaban J connectivity index is 1.59. The van der Waals surface area contributed by atoms with Crippen LogP contribution < -0.4 is 10.6 Å². The van der Waals surface area contributed by atoms with E-state index in [1.54, 1.807) is 12.1 Å². The second-order valence-corrected chi connectivity index (χ2v) is 10.7. The molecule has 2 aliphatic rings. The van der Waals surface area contributed by atoms with E-state index in [1.165, 1.54) is 18.2 Å². The van der Waals surface area contributed by atoms with Crippen LogP contribution in [0.25, 0.3) is 0 Å². The van der Waals surface area contributed by atoms with E-state index in [0.29, 0.717) is 34.6 Å². The summed E-state index contributed by atoms with van der Waals surface area (Å²) < 4.78 is 61.5. The summed E-state index contributed by atoms with van der Waals surface area (Å²) in [4.78, 5) is 51.1. The van der Waals surface area contributed by atoms with E-state index in [0.717, 1.165) is 19.1 Å². The lowest BCUT2D eigenvalue weighted by Crippen LogP contribution is -2.64. The predicted octanol–water partition coefficient (Wildman–Crippen LogP) is 4.61. The van der Waals surface area contributed by atoms with E-state index in [9.17, 15) is 36.7 Å². The lowest BCUT2D eigenvalue weighted by Gasteiger charge is -2.37. The first-order valence-electron chi connectivity index (χ1n) is 12.7. The van der Waals surface area contributed by atoms with Crippen LogP contribution in [0.15, 0.2) is 42.5 Å². The zero-order chi connectivity index (χ0) is 29.5. The molecule has 1 aliphatic heterocycles. The second-order valence-electron chi connectivity index (χ2n) is 10.7. The summed E-state index contributed by atoms with van der Waals surface area (Å²) in [5.41, 5.74) is -3.01. The SMILES string of the molecule is CC(C)CC(=O)Nc1ccc2c(c1)CC[C@@]21OC(=O)N(C(C=O)N[C@@](C)(Cc2ccc(F)cc2)C(F)(F)F)C1=O. The quantitative estimate of drug-likeness (QED) is 0.341. The molecule has 2 aromatic carbocycles. The number of ether oxygens (including phenoxy) is 1. The van der Waals surface area contributed by atoms with Crippen LogP contribution in [-0.4, -0.2) is 47.0 Å². The summed E-state index contributed by atoms with van der Waals surface area (Å²) in [6, 6.07) is 9.10. The molecule has 1 saturated heterocycles. The Morgan fingerprint density at radius 2 is 1.82 bits per heavy atom. The molecule has 4 rings (SSSR count). The van der Waals surface area contributed by atoms with E-state index >= 15 is 0 Å². The minimum Gasteiger partial charge on any atom is -0.427 e. The molecule has 1 unspecified atom stereocenters. The number of anilines is 1. The van der Waals surface area contributed by atoms with E-state index in [-0.39, 0.29) is 30.1 Å². The van der Waals surface area contributed by atoms with E-state index in [2.05, 4.69) is 10.6 Å². The van der Waals surface area contributed by atoms with Crippen molar-refractivity contribution in [3.8, 4) is 0 Å². The van der Waals surface area contributed by atoms with Crippen LogP contribution in [0, 0.1) is 11.7 Å². The fourth-order valence-corrected chi connectivity index (χ4v) is 5.12. The van der Waals surface area contributed by atoms with Gasteiger partial charge in [-0.25, -0.2) is 14.1 Å². The number of fused-ring (bicyclic) bond motifs is 2. The summed E-state index contributed by atoms with van der Waals surface area (Å²) in [7, 11) is 0. The number of nitrogens with zero attached hydrogens (tertiary/aromatic N) is 1. The van der Waals surface area contributed by atoms with Crippen LogP contribution in [0.5, 0.6) is 0 Å². The standard InChI is InChI=1S/C28H29F4N3O5/c1-16(2)12-23(37)33-20-8-9-21-18(13-20)10-11-27(21)24(38)35(25(39)40-27)22(15-36)34-26(3,28(30,31)32)14-17-4-6-19(29)7-5-17/h4-9,13,15-16,22,34H,10-12,14H2,1-3H3,(H,33,37)/t22?,26-,27+/m0/s1. The number of carbonyl (C=O) groups excluding carboxylic acids is 4. The lowest BCUT2D eigenvalue weighted by molar-refractivity contribution is -0.196. The fourth-order valence-electron chi connectivity index (χ4n) is 5.12. The summed E-state index contributed by atoms with van der Waals surface area (Å²) >= 11 is 0. The molecule has 1 fully saturated rings. The highest BCUT2D eigenvalue weighted by atomic mass is 19.4. The Hall–Kier alpha value is -3.80. The van der Waals surface area contributed by atoms with Crippen LogP contribution in [0.3, 0.4) is 0 Å². The number of benzene rings is 2. The van der Waals surface area contributed by atoms with Gasteiger partial charge in [-0.1, -0.05) is 32.0 Å². The van der Waals surface area contributed by atoms with Gasteiger partial charge in [-0.2, -0.15) is 13.2 Å². The minimum absolute atomic E-state index is 0.0183. The fraction of sp³-hybridized carbons (Fsp3) is 0.429. The highest BCUT2D eigenvalue weighted by molar-refractivity contribution is 6.06. The number of hydrogen-bond acceptors (Lipinski definition) is 6. The number of aryl methyl sites for hydroxylation is 1. The number of rotatable bonds is 9. The first kappa shape index (κ1) is 29.2. The number of halogens is 4. The van der Waals surface area contributed by atoms with Gasteiger partial charge in [0.2, 0.25) is 11.5 Å². The van der Waals surface area contributed by atoms with E-state index in [1.807, 2.05) is 13.8 Å². The summed E-state index contributed by atoms with van der Waals surface area (Å²) in [6.07, 6.45) is -8.24. The minimum atomic E-state index is -4.93. The molecule has 12 heteroatoms. The Kier molecular flexibility index (Phi) is 7.77. The summed E-state index contributed by atoms with van der Waals surface area (Å²) in [5.74, 6) is -1.64. The number of imide groups is 1. The first-order chi connectivity index (χ1) is 18.7. The molecule has 2 aromatic rings. The van der Waals surface area contributed by atoms with Crippen LogP contribution >= 0.6 is 0 Å². The van der Waals surface area contributed by atoms with Gasteiger partial charge in [0.25, 0.3) is 5.91 Å². The molecule has 3 atom stereocenters. The maximum Gasteiger partial charge on any atom is 0.419 e. The smallest absolute Gasteiger partial charge is 0.419 e. The van der Waals surface area contributed by atoms with Gasteiger partial charge in [0.15, 0.2) is 12.5 Å². The first-order valence-corrected chi connectivity index (χ1v) is 12.7. The number of aldehydes is 1. The van der Waals surface area contributed by atoms with Crippen molar-refractivity contribution >= 4 is 29.9 Å². The van der Waals surface area contributed by atoms with Crippen molar-refractivity contribution in [2.45, 2.75) is 69.9 Å². The average molecular weight is 564 g/mol. The van der Waals surface area contributed by atoms with Crippen molar-refractivity contribution in [3.63, 3.8) is 0 Å². The summed E-state index contributed by atoms with van der Waals surface area (Å²) in [6.45, 7) is 4.59. The molecule has 40 heavy (non-hydrogen) atoms. The Morgan fingerprint density at radius 3 is 2.42 bits per heavy atom. The van der Waals surface area contributed by atoms with Crippen molar-refractivity contribution in [1.82, 2.24) is 10.2 Å². The monoisotopic (exact) mass is 563 g/mol. The van der Waals surface area contributed by atoms with Gasteiger partial charge in [-0.05, 0) is 61.1 Å². The van der Waals surface area contributed by atoms with E-state index in [4.69, 9.17) is 4.74 Å². The third-order valence-electron chi connectivity index (χ3n) is 7.16. The van der Waals surface area contributed by atoms with Crippen LogP contribution in [-0.2, 0) is 37.6 Å². The molecule has 0 bridgehead atoms. The predicted molar refractivity (Wildman–Crippen MR) is 135 cm³/mol. The van der Waals surface area contributed by atoms with E-state index < -0.39 is 47.7 Å². The highest BCUT2D eigenvalue weighted by Crippen LogP contribution is 2.46. The molecule has 0 aromatic heterocycles. The van der Waals surface area contributed by atoms with Gasteiger partial charge in [-0.3, -0.25) is 19.7 Å². The number of hydrogen-bond donors (Lipinski definition) is 2. The van der Waals surface area contributed by atoms with Crippen molar-refractivity contribution in [3.05, 3.63) is 65.0 Å². The molecular weight excluding hydrogens is 534 g/mol. The molecule has 0 saturated carbocycles. The van der Waals surface area contributed by atoms with Gasteiger partial charge in [0.05, 0.1) is 0 Å². The molecule has 2 N–H and O–H groups in total. The van der Waals surface area contributed by atoms with Crippen LogP contribution in [0.1, 0.15) is 50.3 Å². The highest BCUT2D eigenvalue weighted by Gasteiger charge is 2.61. The van der Waals surface area contributed by atoms with Crippen molar-refractivity contribution in [1.29, 1.82) is 0 Å². The molecule has 1 aliphatic carbocycles. The molecule has 8 nitrogen and oxygen atoms in total. The molecular formula is C28H29F4N3O5. The lowest BCUT2D eigenvalue weighted by atomic mass is 9.91. The molecule has 1 spiro atoms. The van der Waals surface area contributed by atoms with Gasteiger partial charge in [0, 0.05) is 24.1 Å².